The minimum absolute atomic E-state index is 0.0770. The van der Waals surface area contributed by atoms with Crippen LogP contribution in [0.1, 0.15) is 24.2 Å². The molecule has 0 radical (unpaired) electrons. The summed E-state index contributed by atoms with van der Waals surface area (Å²) < 4.78 is 10.9. The van der Waals surface area contributed by atoms with E-state index in [0.29, 0.717) is 16.8 Å². The number of ether oxygens (including phenoxy) is 1. The van der Waals surface area contributed by atoms with Gasteiger partial charge in [0.1, 0.15) is 6.54 Å². The van der Waals surface area contributed by atoms with Crippen molar-refractivity contribution in [3.05, 3.63) is 70.7 Å². The van der Waals surface area contributed by atoms with Crippen molar-refractivity contribution in [2.45, 2.75) is 26.5 Å². The monoisotopic (exact) mass is 409 g/mol. The minimum atomic E-state index is -1.11. The van der Waals surface area contributed by atoms with Gasteiger partial charge in [-0.3, -0.25) is 14.4 Å². The zero-order valence-corrected chi connectivity index (χ0v) is 16.3. The van der Waals surface area contributed by atoms with Crippen molar-refractivity contribution in [1.29, 1.82) is 0 Å². The second-order valence-corrected chi connectivity index (χ2v) is 6.45. The molecule has 0 spiro atoms. The highest BCUT2D eigenvalue weighted by Crippen LogP contribution is 2.14. The highest BCUT2D eigenvalue weighted by molar-refractivity contribution is 5.97. The average molecular weight is 409 g/mol. The number of amides is 1. The van der Waals surface area contributed by atoms with E-state index >= 15 is 0 Å². The molecule has 1 atom stereocenters. The van der Waals surface area contributed by atoms with Gasteiger partial charge in [-0.2, -0.15) is 4.68 Å². The van der Waals surface area contributed by atoms with Crippen molar-refractivity contribution >= 4 is 23.3 Å². The van der Waals surface area contributed by atoms with E-state index in [2.05, 4.69) is 10.4 Å². The molecule has 0 unspecified atom stereocenters. The summed E-state index contributed by atoms with van der Waals surface area (Å²) in [6, 6.07) is 15.1. The highest BCUT2D eigenvalue weighted by atomic mass is 16.5. The lowest BCUT2D eigenvalue weighted by molar-refractivity contribution is -0.154. The normalized spacial score (nSPS) is 11.5. The van der Waals surface area contributed by atoms with E-state index in [-0.39, 0.29) is 11.7 Å². The van der Waals surface area contributed by atoms with Crippen molar-refractivity contribution in [3.8, 4) is 11.5 Å². The Morgan fingerprint density at radius 1 is 1.10 bits per heavy atom. The standard InChI is InChI=1S/C21H19N3O6/c1-13(25)15-8-10-17(11-9-15)22-19(27)14(2)29-18(26)12-24-21(28)30-20(23-24)16-6-4-3-5-7-16/h3-11,14H,12H2,1-2H3,(H,22,27)/t14-/m0/s1. The first kappa shape index (κ1) is 20.7. The zero-order valence-electron chi connectivity index (χ0n) is 16.3. The number of nitrogens with one attached hydrogen (secondary N) is 1. The van der Waals surface area contributed by atoms with Gasteiger partial charge in [0.25, 0.3) is 5.91 Å². The molecule has 0 bridgehead atoms. The van der Waals surface area contributed by atoms with Crippen LogP contribution < -0.4 is 11.1 Å². The van der Waals surface area contributed by atoms with Crippen LogP contribution in [-0.4, -0.2) is 33.5 Å². The topological polar surface area (TPSA) is 120 Å². The van der Waals surface area contributed by atoms with Gasteiger partial charge in [0.2, 0.25) is 5.89 Å². The van der Waals surface area contributed by atoms with E-state index in [1.165, 1.54) is 13.8 Å². The average Bonchev–Trinajstić information content (AvgIpc) is 3.09. The Morgan fingerprint density at radius 3 is 2.40 bits per heavy atom. The van der Waals surface area contributed by atoms with Gasteiger partial charge in [0.15, 0.2) is 11.9 Å². The summed E-state index contributed by atoms with van der Waals surface area (Å²) in [6.07, 6.45) is -1.11. The summed E-state index contributed by atoms with van der Waals surface area (Å²) >= 11 is 0. The molecular formula is C21H19N3O6. The number of aromatic nitrogens is 2. The smallest absolute Gasteiger partial charge is 0.437 e. The molecular weight excluding hydrogens is 390 g/mol. The molecule has 0 fully saturated rings. The van der Waals surface area contributed by atoms with Gasteiger partial charge in [0.05, 0.1) is 0 Å². The van der Waals surface area contributed by atoms with E-state index in [0.717, 1.165) is 4.68 Å². The molecule has 9 heteroatoms. The van der Waals surface area contributed by atoms with E-state index in [1.54, 1.807) is 54.6 Å². The molecule has 3 aromatic rings. The fourth-order valence-corrected chi connectivity index (χ4v) is 2.55. The lowest BCUT2D eigenvalue weighted by atomic mass is 10.1. The third-order valence-electron chi connectivity index (χ3n) is 4.14. The summed E-state index contributed by atoms with van der Waals surface area (Å²) in [5.74, 6) is -2.20. The quantitative estimate of drug-likeness (QED) is 0.469. The molecule has 154 valence electrons. The Kier molecular flexibility index (Phi) is 6.21. The molecule has 1 amide bonds. The van der Waals surface area contributed by atoms with Gasteiger partial charge in [-0.1, -0.05) is 18.2 Å². The summed E-state index contributed by atoms with van der Waals surface area (Å²) in [5.41, 5.74) is 1.55. The van der Waals surface area contributed by atoms with Gasteiger partial charge >= 0.3 is 11.7 Å². The van der Waals surface area contributed by atoms with Crippen molar-refractivity contribution in [2.75, 3.05) is 5.32 Å². The van der Waals surface area contributed by atoms with Gasteiger partial charge < -0.3 is 14.5 Å². The number of rotatable bonds is 7. The maximum absolute atomic E-state index is 12.2. The number of nitrogens with zero attached hydrogens (tertiary/aromatic N) is 2. The summed E-state index contributed by atoms with van der Waals surface area (Å²) in [4.78, 5) is 47.5. The van der Waals surface area contributed by atoms with Crippen LogP contribution in [0, 0.1) is 0 Å². The van der Waals surface area contributed by atoms with Crippen molar-refractivity contribution in [2.24, 2.45) is 0 Å². The molecule has 0 aliphatic carbocycles. The number of esters is 1. The second-order valence-electron chi connectivity index (χ2n) is 6.45. The molecule has 1 heterocycles. The van der Waals surface area contributed by atoms with Crippen molar-refractivity contribution < 1.29 is 23.5 Å². The number of carbonyl (C=O) groups is 3. The molecule has 0 aliphatic heterocycles. The first-order valence-electron chi connectivity index (χ1n) is 9.08. The van der Waals surface area contributed by atoms with E-state index in [1.807, 2.05) is 0 Å². The largest absolute Gasteiger partial charge is 0.451 e. The predicted molar refractivity (Wildman–Crippen MR) is 107 cm³/mol. The molecule has 3 rings (SSSR count). The van der Waals surface area contributed by atoms with Crippen molar-refractivity contribution in [1.82, 2.24) is 9.78 Å². The number of anilines is 1. The zero-order chi connectivity index (χ0) is 21.7. The molecule has 1 N–H and O–H groups in total. The number of Topliss-reactive ketones (excluding diaryl/α,β-unsaturated/α-hetero) is 1. The van der Waals surface area contributed by atoms with E-state index in [4.69, 9.17) is 9.15 Å². The lowest BCUT2D eigenvalue weighted by Crippen LogP contribution is -2.32. The fourth-order valence-electron chi connectivity index (χ4n) is 2.55. The van der Waals surface area contributed by atoms with Crippen LogP contribution in [0.25, 0.3) is 11.5 Å². The summed E-state index contributed by atoms with van der Waals surface area (Å²) in [7, 11) is 0. The number of benzene rings is 2. The SMILES string of the molecule is CC(=O)c1ccc(NC(=O)[C@H](C)OC(=O)Cn2nc(-c3ccccc3)oc2=O)cc1. The highest BCUT2D eigenvalue weighted by Gasteiger charge is 2.20. The predicted octanol–water partition coefficient (Wildman–Crippen LogP) is 2.28. The third-order valence-corrected chi connectivity index (χ3v) is 4.14. The molecule has 30 heavy (non-hydrogen) atoms. The molecule has 0 saturated carbocycles. The summed E-state index contributed by atoms with van der Waals surface area (Å²) in [5, 5.41) is 6.55. The molecule has 1 aromatic heterocycles. The number of carbonyl (C=O) groups excluding carboxylic acids is 3. The summed E-state index contributed by atoms with van der Waals surface area (Å²) in [6.45, 7) is 2.34. The van der Waals surface area contributed by atoms with Crippen LogP contribution in [0.15, 0.2) is 63.8 Å². The Bertz CT molecular complexity index is 1120. The van der Waals surface area contributed by atoms with Crippen LogP contribution in [0.4, 0.5) is 5.69 Å². The van der Waals surface area contributed by atoms with Gasteiger partial charge in [-0.15, -0.1) is 5.10 Å². The molecule has 9 nitrogen and oxygen atoms in total. The van der Waals surface area contributed by atoms with E-state index < -0.39 is 30.3 Å². The van der Waals surface area contributed by atoms with Gasteiger partial charge in [-0.05, 0) is 50.2 Å². The Balaban J connectivity index is 1.58. The van der Waals surface area contributed by atoms with Gasteiger partial charge in [0, 0.05) is 16.8 Å². The first-order valence-corrected chi connectivity index (χ1v) is 9.08. The number of hydrogen-bond acceptors (Lipinski definition) is 7. The molecule has 0 saturated heterocycles. The van der Waals surface area contributed by atoms with Crippen molar-refractivity contribution in [3.63, 3.8) is 0 Å². The van der Waals surface area contributed by atoms with Gasteiger partial charge in [-0.25, -0.2) is 4.79 Å². The van der Waals surface area contributed by atoms with E-state index in [9.17, 15) is 19.2 Å². The van der Waals surface area contributed by atoms with Crippen LogP contribution >= 0.6 is 0 Å². The fraction of sp³-hybridized carbons (Fsp3) is 0.190. The molecule has 2 aromatic carbocycles. The van der Waals surface area contributed by atoms with Crippen LogP contribution in [0.3, 0.4) is 0 Å². The third kappa shape index (κ3) is 5.07. The number of ketones is 1. The maximum Gasteiger partial charge on any atom is 0.437 e. The first-order chi connectivity index (χ1) is 14.3. The van der Waals surface area contributed by atoms with Crippen LogP contribution in [-0.2, 0) is 20.9 Å². The minimum Gasteiger partial charge on any atom is -0.451 e. The Hall–Kier alpha value is -4.01. The second kappa shape index (κ2) is 8.99. The number of hydrogen-bond donors (Lipinski definition) is 1. The lowest BCUT2D eigenvalue weighted by Gasteiger charge is -2.13. The Labute approximate surface area is 171 Å². The van der Waals surface area contributed by atoms with Crippen LogP contribution in [0.5, 0.6) is 0 Å². The Morgan fingerprint density at radius 2 is 1.77 bits per heavy atom. The molecule has 0 aliphatic rings. The maximum atomic E-state index is 12.2. The van der Waals surface area contributed by atoms with Crippen LogP contribution in [0.2, 0.25) is 0 Å².